The molecule has 6 heteroatoms. The summed E-state index contributed by atoms with van der Waals surface area (Å²) in [4.78, 5) is 15.9. The minimum Gasteiger partial charge on any atom is -0.481 e. The fourth-order valence-electron chi connectivity index (χ4n) is 2.74. The molecule has 0 saturated heterocycles. The number of carboxylic acids is 1. The summed E-state index contributed by atoms with van der Waals surface area (Å²) in [6.07, 6.45) is 4.26. The molecule has 0 bridgehead atoms. The average Bonchev–Trinajstić information content (AvgIpc) is 3.08. The van der Waals surface area contributed by atoms with E-state index in [-0.39, 0.29) is 0 Å². The zero-order valence-electron chi connectivity index (χ0n) is 12.3. The molecule has 1 aliphatic carbocycles. The van der Waals surface area contributed by atoms with Crippen molar-refractivity contribution >= 4 is 5.97 Å². The molecule has 1 aliphatic rings. The number of rotatable bonds is 6. The van der Waals surface area contributed by atoms with Gasteiger partial charge < -0.3 is 14.4 Å². The summed E-state index contributed by atoms with van der Waals surface area (Å²) in [7, 11) is 1.61. The first-order valence-electron chi connectivity index (χ1n) is 7.07. The van der Waals surface area contributed by atoms with E-state index >= 15 is 0 Å². The van der Waals surface area contributed by atoms with E-state index in [9.17, 15) is 9.90 Å². The summed E-state index contributed by atoms with van der Waals surface area (Å²) >= 11 is 0. The molecular formula is C14H22N2O4. The van der Waals surface area contributed by atoms with E-state index in [0.29, 0.717) is 37.4 Å². The Hall–Kier alpha value is -1.43. The number of hydrogen-bond donors (Lipinski definition) is 1. The van der Waals surface area contributed by atoms with Crippen LogP contribution in [0.15, 0.2) is 4.52 Å². The Morgan fingerprint density at radius 3 is 2.65 bits per heavy atom. The molecule has 1 heterocycles. The van der Waals surface area contributed by atoms with E-state index in [4.69, 9.17) is 9.26 Å². The van der Waals surface area contributed by atoms with Gasteiger partial charge in [0.05, 0.1) is 5.41 Å². The molecule has 1 saturated carbocycles. The van der Waals surface area contributed by atoms with Crippen LogP contribution < -0.4 is 0 Å². The van der Waals surface area contributed by atoms with Crippen molar-refractivity contribution in [3.63, 3.8) is 0 Å². The van der Waals surface area contributed by atoms with E-state index < -0.39 is 17.0 Å². The third-order valence-electron chi connectivity index (χ3n) is 4.57. The molecule has 112 valence electrons. The van der Waals surface area contributed by atoms with Crippen molar-refractivity contribution in [2.45, 2.75) is 58.0 Å². The minimum atomic E-state index is -0.764. The standard InChI is InChI=1S/C14H22N2O4/c1-4-13(2,19-3)11-15-10(20-16-11)9-14(12(17)18)7-5-6-8-14/h4-9H2,1-3H3,(H,17,18). The molecule has 0 amide bonds. The third-order valence-corrected chi connectivity index (χ3v) is 4.57. The van der Waals surface area contributed by atoms with Crippen molar-refractivity contribution in [3.05, 3.63) is 11.7 Å². The van der Waals surface area contributed by atoms with Gasteiger partial charge in [0, 0.05) is 13.5 Å². The van der Waals surface area contributed by atoms with Crippen LogP contribution in [0.2, 0.25) is 0 Å². The van der Waals surface area contributed by atoms with Crippen LogP contribution in [0.3, 0.4) is 0 Å². The molecule has 1 aromatic heterocycles. The van der Waals surface area contributed by atoms with Gasteiger partial charge in [-0.1, -0.05) is 24.9 Å². The van der Waals surface area contributed by atoms with Crippen LogP contribution in [0.4, 0.5) is 0 Å². The van der Waals surface area contributed by atoms with Gasteiger partial charge in [-0.3, -0.25) is 4.79 Å². The summed E-state index contributed by atoms with van der Waals surface area (Å²) in [5.74, 6) is 0.108. The Labute approximate surface area is 118 Å². The van der Waals surface area contributed by atoms with Crippen LogP contribution in [0.25, 0.3) is 0 Å². The number of ether oxygens (including phenoxy) is 1. The summed E-state index contributed by atoms with van der Waals surface area (Å²) in [6.45, 7) is 3.87. The van der Waals surface area contributed by atoms with Crippen LogP contribution in [0.5, 0.6) is 0 Å². The lowest BCUT2D eigenvalue weighted by Gasteiger charge is -2.22. The smallest absolute Gasteiger partial charge is 0.310 e. The molecule has 0 spiro atoms. The zero-order chi connectivity index (χ0) is 14.8. The first-order valence-corrected chi connectivity index (χ1v) is 7.07. The van der Waals surface area contributed by atoms with Gasteiger partial charge >= 0.3 is 5.97 Å². The molecule has 0 aliphatic heterocycles. The highest BCUT2D eigenvalue weighted by molar-refractivity contribution is 5.75. The Balaban J connectivity index is 2.19. The molecule has 20 heavy (non-hydrogen) atoms. The number of nitrogens with zero attached hydrogens (tertiary/aromatic N) is 2. The summed E-state index contributed by atoms with van der Waals surface area (Å²) < 4.78 is 10.7. The number of methoxy groups -OCH3 is 1. The fraction of sp³-hybridized carbons (Fsp3) is 0.786. The molecular weight excluding hydrogens is 260 g/mol. The number of aliphatic carboxylic acids is 1. The maximum atomic E-state index is 11.5. The molecule has 6 nitrogen and oxygen atoms in total. The van der Waals surface area contributed by atoms with E-state index in [0.717, 1.165) is 12.8 Å². The van der Waals surface area contributed by atoms with E-state index in [2.05, 4.69) is 10.1 Å². The average molecular weight is 282 g/mol. The van der Waals surface area contributed by atoms with Gasteiger partial charge in [-0.25, -0.2) is 0 Å². The van der Waals surface area contributed by atoms with E-state index in [1.54, 1.807) is 7.11 Å². The van der Waals surface area contributed by atoms with Gasteiger partial charge in [0.2, 0.25) is 11.7 Å². The normalized spacial score (nSPS) is 20.8. The SMILES string of the molecule is CCC(C)(OC)c1noc(CC2(C(=O)O)CCCC2)n1. The van der Waals surface area contributed by atoms with Crippen molar-refractivity contribution in [1.29, 1.82) is 0 Å². The Morgan fingerprint density at radius 2 is 2.15 bits per heavy atom. The molecule has 1 unspecified atom stereocenters. The molecule has 1 atom stereocenters. The summed E-state index contributed by atoms with van der Waals surface area (Å²) in [5.41, 5.74) is -1.33. The summed E-state index contributed by atoms with van der Waals surface area (Å²) in [5, 5.41) is 13.4. The van der Waals surface area contributed by atoms with Gasteiger partial charge in [-0.15, -0.1) is 0 Å². The number of carbonyl (C=O) groups is 1. The lowest BCUT2D eigenvalue weighted by atomic mass is 9.83. The number of hydrogen-bond acceptors (Lipinski definition) is 5. The maximum absolute atomic E-state index is 11.5. The second kappa shape index (κ2) is 5.52. The Bertz CT molecular complexity index is 473. The Kier molecular flexibility index (Phi) is 4.13. The second-order valence-corrected chi connectivity index (χ2v) is 5.77. The Morgan fingerprint density at radius 1 is 1.50 bits per heavy atom. The zero-order valence-corrected chi connectivity index (χ0v) is 12.3. The van der Waals surface area contributed by atoms with Crippen molar-refractivity contribution in [2.75, 3.05) is 7.11 Å². The van der Waals surface area contributed by atoms with Gasteiger partial charge in [-0.05, 0) is 26.2 Å². The first kappa shape index (κ1) is 15.0. The van der Waals surface area contributed by atoms with Gasteiger partial charge in [-0.2, -0.15) is 4.98 Å². The topological polar surface area (TPSA) is 85.5 Å². The third kappa shape index (κ3) is 2.57. The number of aromatic nitrogens is 2. The first-order chi connectivity index (χ1) is 9.46. The minimum absolute atomic E-state index is 0.304. The highest BCUT2D eigenvalue weighted by Crippen LogP contribution is 2.41. The monoisotopic (exact) mass is 282 g/mol. The van der Waals surface area contributed by atoms with Crippen molar-refractivity contribution in [1.82, 2.24) is 10.1 Å². The van der Waals surface area contributed by atoms with Crippen LogP contribution in [0, 0.1) is 5.41 Å². The molecule has 2 rings (SSSR count). The van der Waals surface area contributed by atoms with E-state index in [1.807, 2.05) is 13.8 Å². The molecule has 1 aromatic rings. The molecule has 0 aromatic carbocycles. The second-order valence-electron chi connectivity index (χ2n) is 5.77. The maximum Gasteiger partial charge on any atom is 0.310 e. The van der Waals surface area contributed by atoms with Crippen LogP contribution in [-0.4, -0.2) is 28.3 Å². The number of carboxylic acid groups (broad SMARTS) is 1. The van der Waals surface area contributed by atoms with Gasteiger partial charge in [0.1, 0.15) is 5.60 Å². The predicted molar refractivity (Wildman–Crippen MR) is 71.2 cm³/mol. The highest BCUT2D eigenvalue weighted by atomic mass is 16.5. The van der Waals surface area contributed by atoms with Crippen LogP contribution >= 0.6 is 0 Å². The lowest BCUT2D eigenvalue weighted by molar-refractivity contribution is -0.148. The predicted octanol–water partition coefficient (Wildman–Crippen LogP) is 2.53. The van der Waals surface area contributed by atoms with Gasteiger partial charge in [0.15, 0.2) is 0 Å². The molecule has 0 radical (unpaired) electrons. The van der Waals surface area contributed by atoms with Gasteiger partial charge in [0.25, 0.3) is 0 Å². The lowest BCUT2D eigenvalue weighted by Crippen LogP contribution is -2.30. The summed E-state index contributed by atoms with van der Waals surface area (Å²) in [6, 6.07) is 0. The van der Waals surface area contributed by atoms with Crippen LogP contribution in [-0.2, 0) is 21.6 Å². The quantitative estimate of drug-likeness (QED) is 0.863. The van der Waals surface area contributed by atoms with Crippen LogP contribution in [0.1, 0.15) is 57.7 Å². The van der Waals surface area contributed by atoms with E-state index in [1.165, 1.54) is 0 Å². The highest BCUT2D eigenvalue weighted by Gasteiger charge is 2.43. The van der Waals surface area contributed by atoms with Crippen molar-refractivity contribution in [3.8, 4) is 0 Å². The van der Waals surface area contributed by atoms with Crippen molar-refractivity contribution in [2.24, 2.45) is 5.41 Å². The molecule has 1 N–H and O–H groups in total. The van der Waals surface area contributed by atoms with Crippen molar-refractivity contribution < 1.29 is 19.2 Å². The molecule has 1 fully saturated rings. The fourth-order valence-corrected chi connectivity index (χ4v) is 2.74. The largest absolute Gasteiger partial charge is 0.481 e.